The highest BCUT2D eigenvalue weighted by Gasteiger charge is 2.31. The normalized spacial score (nSPS) is 17.4. The summed E-state index contributed by atoms with van der Waals surface area (Å²) in [6, 6.07) is 22.8. The van der Waals surface area contributed by atoms with Gasteiger partial charge in [-0.15, -0.1) is 11.8 Å². The third kappa shape index (κ3) is 8.35. The van der Waals surface area contributed by atoms with E-state index in [4.69, 9.17) is 46.4 Å². The summed E-state index contributed by atoms with van der Waals surface area (Å²) in [4.78, 5) is 31.7. The molecule has 0 radical (unpaired) electrons. The molecule has 258 valence electrons. The lowest BCUT2D eigenvalue weighted by molar-refractivity contribution is -0.133. The van der Waals surface area contributed by atoms with Crippen LogP contribution in [0.3, 0.4) is 0 Å². The summed E-state index contributed by atoms with van der Waals surface area (Å²) in [6.07, 6.45) is 5.79. The molecule has 5 nitrogen and oxygen atoms in total. The third-order valence-corrected chi connectivity index (χ3v) is 12.6. The number of thioether (sulfide) groups is 1. The second-order valence-corrected chi connectivity index (χ2v) is 15.9. The molecule has 4 aromatic rings. The average Bonchev–Trinajstić information content (AvgIpc) is 3.08. The van der Waals surface area contributed by atoms with Gasteiger partial charge in [0.25, 0.3) is 0 Å². The molecule has 6 rings (SSSR count). The van der Waals surface area contributed by atoms with Gasteiger partial charge in [-0.3, -0.25) is 13.8 Å². The van der Waals surface area contributed by atoms with Crippen LogP contribution in [0, 0.1) is 0 Å². The second-order valence-electron chi connectivity index (χ2n) is 12.1. The molecule has 0 N–H and O–H groups in total. The topological polar surface area (TPSA) is 57.7 Å². The molecule has 2 aliphatic rings. The Morgan fingerprint density at radius 2 is 1.10 bits per heavy atom. The molecular formula is C38H38Cl4N2O3S2. The number of hydrogen-bond acceptors (Lipinski definition) is 4. The van der Waals surface area contributed by atoms with Crippen LogP contribution in [0.15, 0.2) is 82.6 Å². The molecule has 3 atom stereocenters. The van der Waals surface area contributed by atoms with Crippen molar-refractivity contribution in [2.45, 2.75) is 61.4 Å². The SMILES string of the molecule is CSc1cccc2c1CCN(C(=O)Cc1c(Cl)cccc1Cl)[C@H]2C.C[C@H]1c2cccc(S(C)=O)c2CCN1C(=O)Cc1c(Cl)cccc1Cl. The number of carbonyl (C=O) groups excluding carboxylic acids is 2. The highest BCUT2D eigenvalue weighted by Crippen LogP contribution is 2.36. The number of benzene rings is 4. The van der Waals surface area contributed by atoms with E-state index in [-0.39, 0.29) is 36.7 Å². The minimum atomic E-state index is -1.03. The number of fused-ring (bicyclic) bond motifs is 2. The summed E-state index contributed by atoms with van der Waals surface area (Å²) in [6.45, 7) is 5.43. The zero-order chi connectivity index (χ0) is 35.4. The minimum absolute atomic E-state index is 0.00354. The van der Waals surface area contributed by atoms with Gasteiger partial charge < -0.3 is 9.80 Å². The minimum Gasteiger partial charge on any atom is -0.335 e. The average molecular weight is 777 g/mol. The Morgan fingerprint density at radius 1 is 0.694 bits per heavy atom. The van der Waals surface area contributed by atoms with Gasteiger partial charge in [-0.05, 0) is 103 Å². The number of nitrogens with zero attached hydrogens (tertiary/aromatic N) is 2. The lowest BCUT2D eigenvalue weighted by Gasteiger charge is -2.36. The molecule has 0 saturated heterocycles. The third-order valence-electron chi connectivity index (χ3n) is 9.33. The number of hydrogen-bond donors (Lipinski definition) is 0. The first-order valence-electron chi connectivity index (χ1n) is 16.0. The van der Waals surface area contributed by atoms with Gasteiger partial charge >= 0.3 is 0 Å². The Kier molecular flexibility index (Phi) is 12.8. The highest BCUT2D eigenvalue weighted by molar-refractivity contribution is 7.98. The maximum Gasteiger partial charge on any atom is 0.227 e. The molecule has 0 spiro atoms. The summed E-state index contributed by atoms with van der Waals surface area (Å²) in [5.74, 6) is 0.0638. The maximum atomic E-state index is 12.9. The molecule has 49 heavy (non-hydrogen) atoms. The van der Waals surface area contributed by atoms with Gasteiger partial charge in [0, 0.05) is 49.2 Å². The zero-order valence-electron chi connectivity index (χ0n) is 27.8. The van der Waals surface area contributed by atoms with Gasteiger partial charge in [0.2, 0.25) is 11.8 Å². The molecule has 11 heteroatoms. The molecule has 0 saturated carbocycles. The summed E-state index contributed by atoms with van der Waals surface area (Å²) < 4.78 is 12.0. The molecule has 0 fully saturated rings. The first-order valence-corrected chi connectivity index (χ1v) is 20.3. The first kappa shape index (κ1) is 37.7. The van der Waals surface area contributed by atoms with Crippen LogP contribution in [-0.2, 0) is 46.1 Å². The predicted octanol–water partition coefficient (Wildman–Crippen LogP) is 9.82. The Labute approximate surface area is 315 Å². The molecule has 0 aliphatic carbocycles. The van der Waals surface area contributed by atoms with E-state index in [2.05, 4.69) is 31.4 Å². The molecule has 1 unspecified atom stereocenters. The van der Waals surface area contributed by atoms with E-state index in [1.165, 1.54) is 16.0 Å². The number of amides is 2. The highest BCUT2D eigenvalue weighted by atomic mass is 35.5. The standard InChI is InChI=1S/C19H19Cl2NO2S.C19H19Cl2NOS/c1-12-13-5-3-8-18(25(2)24)14(13)9-10-22(12)19(23)11-15-16(20)6-4-7-17(15)21;1-12-13-5-3-8-18(24-2)14(13)9-10-22(12)19(23)11-15-16(20)6-4-7-17(15)21/h3-8,12H,9-11H2,1-2H3;3-8,12H,9-11H2,1-2H3/t12-,25?;12-/m00/s1. The molecular weight excluding hydrogens is 738 g/mol. The lowest BCUT2D eigenvalue weighted by Crippen LogP contribution is -2.40. The van der Waals surface area contributed by atoms with Crippen LogP contribution in [0.1, 0.15) is 59.3 Å². The fourth-order valence-corrected chi connectivity index (χ4v) is 9.30. The van der Waals surface area contributed by atoms with Crippen LogP contribution in [-0.4, -0.2) is 51.4 Å². The van der Waals surface area contributed by atoms with Gasteiger partial charge in [-0.2, -0.15) is 0 Å². The molecule has 2 aliphatic heterocycles. The van der Waals surface area contributed by atoms with Crippen molar-refractivity contribution < 1.29 is 13.8 Å². The lowest BCUT2D eigenvalue weighted by atomic mass is 9.93. The van der Waals surface area contributed by atoms with Gasteiger partial charge in [-0.1, -0.05) is 82.8 Å². The predicted molar refractivity (Wildman–Crippen MR) is 205 cm³/mol. The second kappa shape index (κ2) is 16.7. The van der Waals surface area contributed by atoms with Crippen LogP contribution in [0.5, 0.6) is 0 Å². The van der Waals surface area contributed by atoms with Gasteiger partial charge in [0.1, 0.15) is 0 Å². The van der Waals surface area contributed by atoms with E-state index in [1.807, 2.05) is 34.9 Å². The van der Waals surface area contributed by atoms with Crippen LogP contribution in [0.25, 0.3) is 0 Å². The van der Waals surface area contributed by atoms with Crippen LogP contribution in [0.4, 0.5) is 0 Å². The van der Waals surface area contributed by atoms with Gasteiger partial charge in [0.05, 0.1) is 35.7 Å². The Balaban J connectivity index is 0.000000191. The van der Waals surface area contributed by atoms with Crippen LogP contribution < -0.4 is 0 Å². The van der Waals surface area contributed by atoms with E-state index in [1.54, 1.807) is 54.4 Å². The van der Waals surface area contributed by atoms with Crippen molar-refractivity contribution in [2.75, 3.05) is 25.6 Å². The monoisotopic (exact) mass is 774 g/mol. The number of halogens is 4. The van der Waals surface area contributed by atoms with Crippen molar-refractivity contribution in [1.82, 2.24) is 9.80 Å². The van der Waals surface area contributed by atoms with E-state index >= 15 is 0 Å². The Hall–Kier alpha value is -2.52. The smallest absolute Gasteiger partial charge is 0.227 e. The maximum absolute atomic E-state index is 12.9. The summed E-state index contributed by atoms with van der Waals surface area (Å²) in [5, 5.41) is 2.11. The van der Waals surface area contributed by atoms with Crippen molar-refractivity contribution in [2.24, 2.45) is 0 Å². The molecule has 2 heterocycles. The fraction of sp³-hybridized carbons (Fsp3) is 0.316. The van der Waals surface area contributed by atoms with Gasteiger partial charge in [0.15, 0.2) is 0 Å². The largest absolute Gasteiger partial charge is 0.335 e. The first-order chi connectivity index (χ1) is 23.4. The van der Waals surface area contributed by atoms with Crippen molar-refractivity contribution >= 4 is 80.8 Å². The Morgan fingerprint density at radius 3 is 1.55 bits per heavy atom. The van der Waals surface area contributed by atoms with Crippen LogP contribution in [0.2, 0.25) is 20.1 Å². The summed E-state index contributed by atoms with van der Waals surface area (Å²) in [7, 11) is -1.03. The molecule has 4 aromatic carbocycles. The van der Waals surface area contributed by atoms with Gasteiger partial charge in [-0.25, -0.2) is 0 Å². The van der Waals surface area contributed by atoms with Crippen molar-refractivity contribution in [1.29, 1.82) is 0 Å². The zero-order valence-corrected chi connectivity index (χ0v) is 32.4. The van der Waals surface area contributed by atoms with E-state index in [9.17, 15) is 13.8 Å². The number of rotatable bonds is 6. The number of carbonyl (C=O) groups is 2. The molecule has 0 aromatic heterocycles. The van der Waals surface area contributed by atoms with Crippen molar-refractivity contribution in [3.05, 3.63) is 126 Å². The fourth-order valence-electron chi connectivity index (χ4n) is 6.72. The quantitative estimate of drug-likeness (QED) is 0.183. The van der Waals surface area contributed by atoms with Crippen LogP contribution >= 0.6 is 58.2 Å². The van der Waals surface area contributed by atoms with Crippen molar-refractivity contribution in [3.8, 4) is 0 Å². The summed E-state index contributed by atoms with van der Waals surface area (Å²) >= 11 is 26.6. The Bertz CT molecular complexity index is 1860. The van der Waals surface area contributed by atoms with Crippen molar-refractivity contribution in [3.63, 3.8) is 0 Å². The van der Waals surface area contributed by atoms with E-state index in [0.29, 0.717) is 44.2 Å². The van der Waals surface area contributed by atoms with E-state index < -0.39 is 10.8 Å². The molecule has 2 amide bonds. The molecule has 0 bridgehead atoms. The van der Waals surface area contributed by atoms with E-state index in [0.717, 1.165) is 29.0 Å². The summed E-state index contributed by atoms with van der Waals surface area (Å²) in [5.41, 5.74) is 6.16.